The number of nitrogen functional groups attached to an aromatic ring is 1. The van der Waals surface area contributed by atoms with Crippen molar-refractivity contribution in [2.75, 3.05) is 52.3 Å². The molecule has 124 valence electrons. The Labute approximate surface area is 131 Å². The number of morpholine rings is 1. The van der Waals surface area contributed by atoms with E-state index in [1.54, 1.807) is 26.2 Å². The summed E-state index contributed by atoms with van der Waals surface area (Å²) in [6.45, 7) is 6.86. The highest BCUT2D eigenvalue weighted by atomic mass is 16.5. The second-order valence-electron chi connectivity index (χ2n) is 5.46. The summed E-state index contributed by atoms with van der Waals surface area (Å²) in [5, 5.41) is 9.68. The van der Waals surface area contributed by atoms with Crippen LogP contribution in [0, 0.1) is 0 Å². The van der Waals surface area contributed by atoms with E-state index in [0.717, 1.165) is 39.3 Å². The normalized spacial score (nSPS) is 17.2. The largest absolute Gasteiger partial charge is 0.493 e. The number of anilines is 1. The van der Waals surface area contributed by atoms with Crippen LogP contribution in [0.5, 0.6) is 11.5 Å². The fraction of sp³-hybridized carbons (Fsp3) is 0.625. The molecule has 1 aliphatic rings. The monoisotopic (exact) mass is 310 g/mol. The summed E-state index contributed by atoms with van der Waals surface area (Å²) in [7, 11) is 1.58. The van der Waals surface area contributed by atoms with Gasteiger partial charge in [-0.1, -0.05) is 0 Å². The molecule has 6 nitrogen and oxygen atoms in total. The molecule has 1 aliphatic heterocycles. The van der Waals surface area contributed by atoms with Gasteiger partial charge in [0.2, 0.25) is 0 Å². The minimum Gasteiger partial charge on any atom is -0.493 e. The van der Waals surface area contributed by atoms with Gasteiger partial charge in [-0.3, -0.25) is 4.90 Å². The first-order valence-electron chi connectivity index (χ1n) is 7.70. The molecule has 1 fully saturated rings. The fourth-order valence-electron chi connectivity index (χ4n) is 2.52. The number of hydrogen-bond donors (Lipinski definition) is 2. The highest BCUT2D eigenvalue weighted by Gasteiger charge is 2.14. The van der Waals surface area contributed by atoms with Gasteiger partial charge < -0.3 is 25.1 Å². The summed E-state index contributed by atoms with van der Waals surface area (Å²) in [5.74, 6) is 1.21. The van der Waals surface area contributed by atoms with Crippen molar-refractivity contribution in [2.24, 2.45) is 0 Å². The zero-order valence-electron chi connectivity index (χ0n) is 13.4. The molecular weight excluding hydrogens is 284 g/mol. The van der Waals surface area contributed by atoms with E-state index in [-0.39, 0.29) is 0 Å². The Morgan fingerprint density at radius 2 is 2.05 bits per heavy atom. The van der Waals surface area contributed by atoms with Gasteiger partial charge in [-0.05, 0) is 19.4 Å². The van der Waals surface area contributed by atoms with E-state index in [9.17, 15) is 5.11 Å². The molecule has 0 spiro atoms. The standard InChI is InChI=1S/C16H26N2O4/c1-12(19)13-10-15(20-2)16(11-14(13)17)22-7-3-4-18-5-8-21-9-6-18/h10-12,19H,3-9,17H2,1-2H3/t12-/m0/s1. The average molecular weight is 310 g/mol. The van der Waals surface area contributed by atoms with E-state index >= 15 is 0 Å². The Bertz CT molecular complexity index is 473. The minimum absolute atomic E-state index is 0.513. The zero-order valence-corrected chi connectivity index (χ0v) is 13.4. The first-order chi connectivity index (χ1) is 10.6. The fourth-order valence-corrected chi connectivity index (χ4v) is 2.52. The van der Waals surface area contributed by atoms with Crippen molar-refractivity contribution < 1.29 is 19.3 Å². The maximum absolute atomic E-state index is 9.68. The molecule has 0 unspecified atom stereocenters. The van der Waals surface area contributed by atoms with Gasteiger partial charge in [0, 0.05) is 37.0 Å². The minimum atomic E-state index is -0.635. The first-order valence-corrected chi connectivity index (χ1v) is 7.70. The average Bonchev–Trinajstić information content (AvgIpc) is 2.52. The van der Waals surface area contributed by atoms with E-state index in [4.69, 9.17) is 19.9 Å². The molecule has 1 atom stereocenters. The Kier molecular flexibility index (Phi) is 6.30. The van der Waals surface area contributed by atoms with Crippen molar-refractivity contribution in [1.29, 1.82) is 0 Å². The lowest BCUT2D eigenvalue weighted by Crippen LogP contribution is -2.37. The Morgan fingerprint density at radius 3 is 2.68 bits per heavy atom. The quantitative estimate of drug-likeness (QED) is 0.586. The van der Waals surface area contributed by atoms with E-state index in [1.165, 1.54) is 0 Å². The van der Waals surface area contributed by atoms with Gasteiger partial charge in [-0.25, -0.2) is 0 Å². The number of nitrogens with two attached hydrogens (primary N) is 1. The zero-order chi connectivity index (χ0) is 15.9. The van der Waals surface area contributed by atoms with Gasteiger partial charge in [0.15, 0.2) is 11.5 Å². The van der Waals surface area contributed by atoms with Crippen LogP contribution < -0.4 is 15.2 Å². The molecular formula is C16H26N2O4. The SMILES string of the molecule is COc1cc([C@H](C)O)c(N)cc1OCCCN1CCOCC1. The van der Waals surface area contributed by atoms with Crippen LogP contribution in [0.1, 0.15) is 25.0 Å². The highest BCUT2D eigenvalue weighted by Crippen LogP contribution is 2.34. The highest BCUT2D eigenvalue weighted by molar-refractivity contribution is 5.58. The molecule has 0 aromatic heterocycles. The topological polar surface area (TPSA) is 77.2 Å². The van der Waals surface area contributed by atoms with Crippen LogP contribution in [0.25, 0.3) is 0 Å². The molecule has 2 rings (SSSR count). The number of benzene rings is 1. The molecule has 0 aliphatic carbocycles. The smallest absolute Gasteiger partial charge is 0.163 e. The third kappa shape index (κ3) is 4.50. The van der Waals surface area contributed by atoms with Gasteiger partial charge in [0.05, 0.1) is 33.0 Å². The van der Waals surface area contributed by atoms with Crippen LogP contribution in [0.3, 0.4) is 0 Å². The maximum Gasteiger partial charge on any atom is 0.163 e. The third-order valence-electron chi connectivity index (χ3n) is 3.80. The van der Waals surface area contributed by atoms with Gasteiger partial charge in [0.1, 0.15) is 0 Å². The third-order valence-corrected chi connectivity index (χ3v) is 3.80. The molecule has 6 heteroatoms. The summed E-state index contributed by atoms with van der Waals surface area (Å²) < 4.78 is 16.4. The second kappa shape index (κ2) is 8.22. The van der Waals surface area contributed by atoms with Crippen LogP contribution >= 0.6 is 0 Å². The van der Waals surface area contributed by atoms with Gasteiger partial charge in [-0.15, -0.1) is 0 Å². The molecule has 0 saturated carbocycles. The number of hydrogen-bond acceptors (Lipinski definition) is 6. The number of rotatable bonds is 7. The summed E-state index contributed by atoms with van der Waals surface area (Å²) >= 11 is 0. The molecule has 1 saturated heterocycles. The van der Waals surface area contributed by atoms with E-state index in [2.05, 4.69) is 4.90 Å². The Hall–Kier alpha value is -1.50. The van der Waals surface area contributed by atoms with Gasteiger partial charge >= 0.3 is 0 Å². The maximum atomic E-state index is 9.68. The summed E-state index contributed by atoms with van der Waals surface area (Å²) in [4.78, 5) is 2.37. The molecule has 1 aromatic carbocycles. The predicted molar refractivity (Wildman–Crippen MR) is 85.4 cm³/mol. The van der Waals surface area contributed by atoms with Crippen LogP contribution in [-0.4, -0.2) is 56.6 Å². The van der Waals surface area contributed by atoms with Crippen molar-refractivity contribution in [1.82, 2.24) is 4.90 Å². The number of nitrogens with zero attached hydrogens (tertiary/aromatic N) is 1. The Morgan fingerprint density at radius 1 is 1.32 bits per heavy atom. The van der Waals surface area contributed by atoms with Crippen LogP contribution in [0.2, 0.25) is 0 Å². The molecule has 1 aromatic rings. The Balaban J connectivity index is 1.87. The number of aliphatic hydroxyl groups excluding tert-OH is 1. The second-order valence-corrected chi connectivity index (χ2v) is 5.46. The van der Waals surface area contributed by atoms with Crippen molar-refractivity contribution in [2.45, 2.75) is 19.4 Å². The molecule has 0 radical (unpaired) electrons. The lowest BCUT2D eigenvalue weighted by Gasteiger charge is -2.26. The molecule has 0 bridgehead atoms. The summed E-state index contributed by atoms with van der Waals surface area (Å²) in [6.07, 6.45) is 0.297. The van der Waals surface area contributed by atoms with E-state index < -0.39 is 6.10 Å². The molecule has 3 N–H and O–H groups in total. The van der Waals surface area contributed by atoms with Gasteiger partial charge in [-0.2, -0.15) is 0 Å². The van der Waals surface area contributed by atoms with Crippen molar-refractivity contribution in [3.05, 3.63) is 17.7 Å². The van der Waals surface area contributed by atoms with Gasteiger partial charge in [0.25, 0.3) is 0 Å². The van der Waals surface area contributed by atoms with E-state index in [1.807, 2.05) is 0 Å². The lowest BCUT2D eigenvalue weighted by atomic mass is 10.1. The summed E-state index contributed by atoms with van der Waals surface area (Å²) in [5.41, 5.74) is 7.11. The molecule has 1 heterocycles. The lowest BCUT2D eigenvalue weighted by molar-refractivity contribution is 0.0357. The summed E-state index contributed by atoms with van der Waals surface area (Å²) in [6, 6.07) is 3.45. The van der Waals surface area contributed by atoms with E-state index in [0.29, 0.717) is 29.4 Å². The van der Waals surface area contributed by atoms with Crippen LogP contribution in [0.4, 0.5) is 5.69 Å². The van der Waals surface area contributed by atoms with Crippen molar-refractivity contribution in [3.63, 3.8) is 0 Å². The first kappa shape index (κ1) is 16.9. The van der Waals surface area contributed by atoms with Crippen molar-refractivity contribution >= 4 is 5.69 Å². The van der Waals surface area contributed by atoms with Crippen LogP contribution in [-0.2, 0) is 4.74 Å². The van der Waals surface area contributed by atoms with Crippen molar-refractivity contribution in [3.8, 4) is 11.5 Å². The number of ether oxygens (including phenoxy) is 3. The number of aliphatic hydroxyl groups is 1. The molecule has 22 heavy (non-hydrogen) atoms. The number of methoxy groups -OCH3 is 1. The van der Waals surface area contributed by atoms with Crippen LogP contribution in [0.15, 0.2) is 12.1 Å². The molecule has 0 amide bonds. The predicted octanol–water partition coefficient (Wildman–Crippen LogP) is 1.43.